The summed E-state index contributed by atoms with van der Waals surface area (Å²) in [4.78, 5) is 4.55. The lowest BCUT2D eigenvalue weighted by Crippen LogP contribution is -2.26. The van der Waals surface area contributed by atoms with E-state index >= 15 is 0 Å². The first-order valence-corrected chi connectivity index (χ1v) is 9.43. The Morgan fingerprint density at radius 1 is 1.00 bits per heavy atom. The van der Waals surface area contributed by atoms with Gasteiger partial charge in [0, 0.05) is 11.6 Å². The van der Waals surface area contributed by atoms with Crippen LogP contribution in [0.15, 0.2) is 52.9 Å². The molecule has 2 atom stereocenters. The van der Waals surface area contributed by atoms with Crippen LogP contribution in [-0.4, -0.2) is 17.1 Å². The first kappa shape index (κ1) is 22.1. The van der Waals surface area contributed by atoms with E-state index in [9.17, 15) is 0 Å². The van der Waals surface area contributed by atoms with Crippen molar-refractivity contribution in [1.29, 1.82) is 0 Å². The van der Waals surface area contributed by atoms with Crippen molar-refractivity contribution in [1.82, 2.24) is 4.98 Å². The van der Waals surface area contributed by atoms with Gasteiger partial charge >= 0.3 is 0 Å². The van der Waals surface area contributed by atoms with E-state index in [4.69, 9.17) is 14.9 Å². The Morgan fingerprint density at radius 3 is 2.57 bits per heavy atom. The number of hydrogen-bond donors (Lipinski definition) is 1. The second-order valence-corrected chi connectivity index (χ2v) is 7.02. The van der Waals surface area contributed by atoms with Crippen molar-refractivity contribution in [2.24, 2.45) is 5.73 Å². The Bertz CT molecular complexity index is 808. The molecule has 1 saturated carbocycles. The van der Waals surface area contributed by atoms with E-state index in [-0.39, 0.29) is 20.9 Å². The number of nitrogens with two attached hydrogens (primary N) is 1. The highest BCUT2D eigenvalue weighted by Crippen LogP contribution is 2.25. The molecule has 4 rings (SSSR count). The molecule has 1 aliphatic carbocycles. The number of fused-ring (bicyclic) bond motifs is 1. The van der Waals surface area contributed by atoms with Gasteiger partial charge in [-0.15, -0.1) is 0 Å². The van der Waals surface area contributed by atoms with Crippen LogP contribution in [0, 0.1) is 21.3 Å². The molecule has 1 aromatic heterocycles. The van der Waals surface area contributed by atoms with Gasteiger partial charge in [-0.2, -0.15) is 0 Å². The minimum Gasteiger partial charge on any atom is -0.436 e. The van der Waals surface area contributed by atoms with Crippen LogP contribution in [0.4, 0.5) is 0 Å². The number of nitrogens with zero attached hydrogens (tertiary/aromatic N) is 1. The molecular weight excluding hydrogens is 348 g/mol. The summed E-state index contributed by atoms with van der Waals surface area (Å²) in [5.74, 6) is 0.656. The molecule has 2 N–H and O–H groups in total. The molecule has 4 heteroatoms. The van der Waals surface area contributed by atoms with Crippen LogP contribution < -0.4 is 5.73 Å². The molecule has 1 fully saturated rings. The van der Waals surface area contributed by atoms with Gasteiger partial charge in [0.2, 0.25) is 5.89 Å². The maximum Gasteiger partial charge on any atom is 0.227 e. The third-order valence-electron chi connectivity index (χ3n) is 5.00. The fourth-order valence-electron chi connectivity index (χ4n) is 3.44. The summed E-state index contributed by atoms with van der Waals surface area (Å²) in [6.45, 7) is 0.636. The predicted octanol–water partition coefficient (Wildman–Crippen LogP) is 5.53. The lowest BCUT2D eigenvalue weighted by atomic mass is 9.95. The molecule has 1 aliphatic rings. The Labute approximate surface area is 169 Å². The normalized spacial score (nSPS) is 19.9. The highest BCUT2D eigenvalue weighted by atomic mass is 16.5. The minimum absolute atomic E-state index is 0. The van der Waals surface area contributed by atoms with Crippen molar-refractivity contribution in [3.05, 3.63) is 75.4 Å². The van der Waals surface area contributed by atoms with E-state index in [0.29, 0.717) is 18.6 Å². The van der Waals surface area contributed by atoms with Gasteiger partial charge in [0.05, 0.1) is 12.7 Å². The summed E-state index contributed by atoms with van der Waals surface area (Å²) in [6.07, 6.45) is 7.98. The van der Waals surface area contributed by atoms with Crippen LogP contribution >= 0.6 is 0 Å². The minimum atomic E-state index is 0. The third kappa shape index (κ3) is 5.43. The molecule has 2 aromatic carbocycles. The molecule has 1 heterocycles. The standard InChI is InChI=1S/C22H25N2O2.2CH2/c23-18-5-1-2-6-19(14-13-18)25-15-16-9-11-17(12-10-16)22-24-20-7-3-4-8-21(20)26-22;;/h3-5,7-12,18-19H,1-2,6,13-15,23H2;2*1H2. The molecule has 0 spiro atoms. The van der Waals surface area contributed by atoms with Gasteiger partial charge < -0.3 is 14.9 Å². The number of hydrogen-bond acceptors (Lipinski definition) is 4. The lowest BCUT2D eigenvalue weighted by molar-refractivity contribution is 0.0243. The third-order valence-corrected chi connectivity index (χ3v) is 5.00. The summed E-state index contributed by atoms with van der Waals surface area (Å²) < 4.78 is 12.0. The highest BCUT2D eigenvalue weighted by Gasteiger charge is 2.16. The van der Waals surface area contributed by atoms with Crippen LogP contribution in [0.5, 0.6) is 0 Å². The van der Waals surface area contributed by atoms with Crippen molar-refractivity contribution in [3.63, 3.8) is 0 Å². The molecule has 28 heavy (non-hydrogen) atoms. The van der Waals surface area contributed by atoms with E-state index in [2.05, 4.69) is 23.5 Å². The average Bonchev–Trinajstić information content (AvgIpc) is 3.09. The maximum atomic E-state index is 6.14. The summed E-state index contributed by atoms with van der Waals surface area (Å²) >= 11 is 0. The van der Waals surface area contributed by atoms with Crippen LogP contribution in [0.1, 0.15) is 37.7 Å². The van der Waals surface area contributed by atoms with Gasteiger partial charge in [-0.05, 0) is 61.9 Å². The molecule has 0 amide bonds. The van der Waals surface area contributed by atoms with Crippen molar-refractivity contribution in [2.75, 3.05) is 0 Å². The SMILES string of the molecule is NC1[CH]CCCC(OCc2ccc(-c3nc4ccccc4o3)cc2)CC1.[CH2].[CH2]. The van der Waals surface area contributed by atoms with Gasteiger partial charge in [0.25, 0.3) is 0 Å². The van der Waals surface area contributed by atoms with Gasteiger partial charge in [-0.25, -0.2) is 4.98 Å². The number of ether oxygens (including phenoxy) is 1. The monoisotopic (exact) mass is 377 g/mol. The van der Waals surface area contributed by atoms with Crippen molar-refractivity contribution < 1.29 is 9.15 Å². The summed E-state index contributed by atoms with van der Waals surface area (Å²) in [7, 11) is 0. The Kier molecular flexibility index (Phi) is 8.21. The van der Waals surface area contributed by atoms with E-state index < -0.39 is 0 Å². The summed E-state index contributed by atoms with van der Waals surface area (Å²) in [5, 5.41) is 0. The van der Waals surface area contributed by atoms with Crippen molar-refractivity contribution in [3.8, 4) is 11.5 Å². The predicted molar refractivity (Wildman–Crippen MR) is 114 cm³/mol. The lowest BCUT2D eigenvalue weighted by Gasteiger charge is -2.23. The second-order valence-electron chi connectivity index (χ2n) is 7.02. The smallest absolute Gasteiger partial charge is 0.227 e. The molecule has 147 valence electrons. The Hall–Kier alpha value is -2.17. The highest BCUT2D eigenvalue weighted by molar-refractivity contribution is 5.75. The Balaban J connectivity index is 0.00000140. The second kappa shape index (κ2) is 10.4. The van der Waals surface area contributed by atoms with E-state index in [1.54, 1.807) is 0 Å². The molecule has 2 unspecified atom stereocenters. The summed E-state index contributed by atoms with van der Waals surface area (Å²) in [5.41, 5.74) is 9.90. The van der Waals surface area contributed by atoms with Crippen molar-refractivity contribution >= 4 is 11.1 Å². The molecule has 0 saturated heterocycles. The maximum absolute atomic E-state index is 6.14. The zero-order valence-corrected chi connectivity index (χ0v) is 16.3. The molecular formula is C24H29N2O2. The van der Waals surface area contributed by atoms with E-state index in [1.807, 2.05) is 36.4 Å². The Morgan fingerprint density at radius 2 is 1.79 bits per heavy atom. The van der Waals surface area contributed by atoms with Gasteiger partial charge in [0.15, 0.2) is 5.58 Å². The van der Waals surface area contributed by atoms with Crippen LogP contribution in [0.25, 0.3) is 22.6 Å². The van der Waals surface area contributed by atoms with E-state index in [0.717, 1.165) is 48.8 Å². The largest absolute Gasteiger partial charge is 0.436 e. The topological polar surface area (TPSA) is 61.3 Å². The fraction of sp³-hybridized carbons (Fsp3) is 0.333. The zero-order chi connectivity index (χ0) is 17.8. The fourth-order valence-corrected chi connectivity index (χ4v) is 3.44. The number of para-hydroxylation sites is 2. The molecule has 0 aliphatic heterocycles. The summed E-state index contributed by atoms with van der Waals surface area (Å²) in [6, 6.07) is 16.3. The van der Waals surface area contributed by atoms with Gasteiger partial charge in [0.1, 0.15) is 5.52 Å². The molecule has 0 bridgehead atoms. The van der Waals surface area contributed by atoms with Crippen LogP contribution in [0.3, 0.4) is 0 Å². The average molecular weight is 378 g/mol. The number of aromatic nitrogens is 1. The first-order chi connectivity index (χ1) is 12.8. The quantitative estimate of drug-likeness (QED) is 0.649. The molecule has 5 radical (unpaired) electrons. The van der Waals surface area contributed by atoms with Gasteiger partial charge in [-0.1, -0.05) is 45.5 Å². The van der Waals surface area contributed by atoms with Gasteiger partial charge in [-0.3, -0.25) is 0 Å². The number of rotatable bonds is 4. The van der Waals surface area contributed by atoms with Crippen LogP contribution in [-0.2, 0) is 11.3 Å². The van der Waals surface area contributed by atoms with E-state index in [1.165, 1.54) is 5.56 Å². The number of oxazole rings is 1. The number of benzene rings is 2. The first-order valence-electron chi connectivity index (χ1n) is 9.43. The molecule has 3 aromatic rings. The zero-order valence-electron chi connectivity index (χ0n) is 16.3. The van der Waals surface area contributed by atoms with Crippen LogP contribution in [0.2, 0.25) is 0 Å². The molecule has 4 nitrogen and oxygen atoms in total. The van der Waals surface area contributed by atoms with Crippen molar-refractivity contribution in [2.45, 2.75) is 50.9 Å².